The Kier molecular flexibility index (Phi) is 8.98. The molecule has 0 aliphatic carbocycles. The molecule has 1 N–H and O–H groups in total. The average molecular weight is 610 g/mol. The van der Waals surface area contributed by atoms with Crippen molar-refractivity contribution in [2.75, 3.05) is 6.54 Å². The fraction of sp³-hybridized carbons (Fsp3) is 0.281. The van der Waals surface area contributed by atoms with Crippen molar-refractivity contribution in [3.63, 3.8) is 0 Å². The normalized spacial score (nSPS) is 12.3. The Bertz CT molecular complexity index is 1550. The van der Waals surface area contributed by atoms with Crippen molar-refractivity contribution in [2.45, 2.75) is 52.1 Å². The van der Waals surface area contributed by atoms with Gasteiger partial charge in [0.05, 0.1) is 16.8 Å². The highest BCUT2D eigenvalue weighted by molar-refractivity contribution is 9.10. The van der Waals surface area contributed by atoms with Crippen molar-refractivity contribution in [1.29, 1.82) is 0 Å². The number of halogens is 3. The topological polar surface area (TPSA) is 68.3 Å². The lowest BCUT2D eigenvalue weighted by Gasteiger charge is -2.22. The highest BCUT2D eigenvalue weighted by atomic mass is 79.9. The van der Waals surface area contributed by atoms with Crippen LogP contribution in [0, 0.1) is 18.6 Å². The van der Waals surface area contributed by atoms with E-state index in [0.29, 0.717) is 27.7 Å². The zero-order valence-electron chi connectivity index (χ0n) is 22.9. The van der Waals surface area contributed by atoms with Gasteiger partial charge in [-0.1, -0.05) is 46.3 Å². The van der Waals surface area contributed by atoms with Crippen molar-refractivity contribution in [3.8, 4) is 11.3 Å². The van der Waals surface area contributed by atoms with E-state index in [4.69, 9.17) is 9.72 Å². The van der Waals surface area contributed by atoms with E-state index in [-0.39, 0.29) is 30.9 Å². The first kappa shape index (κ1) is 29.3. The second-order valence-electron chi connectivity index (χ2n) is 10.7. The molecule has 0 radical (unpaired) electrons. The van der Waals surface area contributed by atoms with E-state index >= 15 is 0 Å². The lowest BCUT2D eigenvalue weighted by molar-refractivity contribution is -0.155. The number of hydrogen-bond donors (Lipinski definition) is 1. The number of pyridine rings is 1. The summed E-state index contributed by atoms with van der Waals surface area (Å²) in [6.45, 7) is 7.12. The van der Waals surface area contributed by atoms with Gasteiger partial charge in [-0.15, -0.1) is 0 Å². The molecule has 1 amide bonds. The molecule has 1 unspecified atom stereocenters. The van der Waals surface area contributed by atoms with Gasteiger partial charge in [-0.25, -0.2) is 13.8 Å². The molecule has 0 aliphatic heterocycles. The second-order valence-corrected chi connectivity index (χ2v) is 11.6. The third kappa shape index (κ3) is 7.10. The summed E-state index contributed by atoms with van der Waals surface area (Å²) in [4.78, 5) is 31.0. The van der Waals surface area contributed by atoms with E-state index in [1.54, 1.807) is 20.8 Å². The molecule has 0 bridgehead atoms. The second kappa shape index (κ2) is 12.3. The Morgan fingerprint density at radius 1 is 1.02 bits per heavy atom. The van der Waals surface area contributed by atoms with Crippen LogP contribution in [0.25, 0.3) is 22.2 Å². The largest absolute Gasteiger partial charge is 0.460 e. The zero-order valence-corrected chi connectivity index (χ0v) is 24.4. The Hall–Kier alpha value is -3.65. The number of hydrogen-bond acceptors (Lipinski definition) is 4. The van der Waals surface area contributed by atoms with Crippen LogP contribution in [0.5, 0.6) is 0 Å². The smallest absolute Gasteiger partial charge is 0.306 e. The average Bonchev–Trinajstić information content (AvgIpc) is 2.89. The number of nitrogens with zero attached hydrogens (tertiary/aromatic N) is 1. The molecule has 4 aromatic rings. The fourth-order valence-electron chi connectivity index (χ4n) is 4.68. The summed E-state index contributed by atoms with van der Waals surface area (Å²) >= 11 is 3.49. The molecular weight excluding hydrogens is 578 g/mol. The third-order valence-corrected chi connectivity index (χ3v) is 6.98. The summed E-state index contributed by atoms with van der Waals surface area (Å²) in [5.41, 5.74) is 2.75. The molecule has 1 aromatic heterocycles. The van der Waals surface area contributed by atoms with Gasteiger partial charge in [-0.05, 0) is 81.6 Å². The van der Waals surface area contributed by atoms with Gasteiger partial charge in [0.15, 0.2) is 0 Å². The van der Waals surface area contributed by atoms with E-state index in [2.05, 4.69) is 21.2 Å². The van der Waals surface area contributed by atoms with Crippen LogP contribution in [-0.4, -0.2) is 29.0 Å². The van der Waals surface area contributed by atoms with E-state index in [1.807, 2.05) is 55.5 Å². The fourth-order valence-corrected chi connectivity index (χ4v) is 5.05. The van der Waals surface area contributed by atoms with Crippen molar-refractivity contribution in [2.24, 2.45) is 0 Å². The lowest BCUT2D eigenvalue weighted by Crippen LogP contribution is -2.30. The van der Waals surface area contributed by atoms with Crippen LogP contribution >= 0.6 is 15.9 Å². The summed E-state index contributed by atoms with van der Waals surface area (Å²) < 4.78 is 35.1. The summed E-state index contributed by atoms with van der Waals surface area (Å²) in [5.74, 6) is -2.70. The van der Waals surface area contributed by atoms with Gasteiger partial charge < -0.3 is 10.1 Å². The highest BCUT2D eigenvalue weighted by Crippen LogP contribution is 2.32. The molecule has 0 saturated heterocycles. The molecule has 0 fully saturated rings. The summed E-state index contributed by atoms with van der Waals surface area (Å²) in [6.07, 6.45) is 0.141. The standard InChI is InChI=1S/C32H31BrF2N2O3/c1-19-29(25-16-22(33)11-14-27(25)37-30(19)20-8-6-5-7-9-20)31(39)36-18-21(10-15-28(38)40-32(2,3)4)24-17-23(34)12-13-26(24)35/h5-9,11-14,16-17,21H,10,15,18H2,1-4H3,(H,36,39). The lowest BCUT2D eigenvalue weighted by atomic mass is 9.92. The van der Waals surface area contributed by atoms with Crippen molar-refractivity contribution in [1.82, 2.24) is 10.3 Å². The van der Waals surface area contributed by atoms with Crippen LogP contribution in [-0.2, 0) is 9.53 Å². The minimum atomic E-state index is -0.671. The molecule has 0 spiro atoms. The van der Waals surface area contributed by atoms with Crippen LogP contribution in [0.15, 0.2) is 71.2 Å². The molecule has 1 atom stereocenters. The summed E-state index contributed by atoms with van der Waals surface area (Å²) in [6, 6.07) is 18.3. The number of carbonyl (C=O) groups excluding carboxylic acids is 2. The summed E-state index contributed by atoms with van der Waals surface area (Å²) in [7, 11) is 0. The van der Waals surface area contributed by atoms with Crippen LogP contribution < -0.4 is 5.32 Å². The Morgan fingerprint density at radius 3 is 2.45 bits per heavy atom. The molecule has 0 saturated carbocycles. The predicted molar refractivity (Wildman–Crippen MR) is 156 cm³/mol. The molecular formula is C32H31BrF2N2O3. The van der Waals surface area contributed by atoms with Crippen molar-refractivity contribution < 1.29 is 23.1 Å². The van der Waals surface area contributed by atoms with Crippen molar-refractivity contribution >= 4 is 38.7 Å². The maximum atomic E-state index is 14.8. The number of aromatic nitrogens is 1. The van der Waals surface area contributed by atoms with Crippen LogP contribution in [0.2, 0.25) is 0 Å². The van der Waals surface area contributed by atoms with Gasteiger partial charge in [0.1, 0.15) is 17.2 Å². The third-order valence-electron chi connectivity index (χ3n) is 6.49. The van der Waals surface area contributed by atoms with E-state index < -0.39 is 29.1 Å². The van der Waals surface area contributed by atoms with Gasteiger partial charge in [-0.2, -0.15) is 0 Å². The number of benzene rings is 3. The first-order valence-corrected chi connectivity index (χ1v) is 13.8. The van der Waals surface area contributed by atoms with Gasteiger partial charge in [0.25, 0.3) is 5.91 Å². The molecule has 0 aliphatic rings. The number of nitrogens with one attached hydrogen (secondary N) is 1. The van der Waals surface area contributed by atoms with E-state index in [9.17, 15) is 18.4 Å². The van der Waals surface area contributed by atoms with Gasteiger partial charge in [0.2, 0.25) is 0 Å². The molecule has 40 heavy (non-hydrogen) atoms. The van der Waals surface area contributed by atoms with E-state index in [0.717, 1.165) is 28.2 Å². The predicted octanol–water partition coefficient (Wildman–Crippen LogP) is 7.89. The van der Waals surface area contributed by atoms with Crippen LogP contribution in [0.3, 0.4) is 0 Å². The quantitative estimate of drug-likeness (QED) is 0.207. The minimum absolute atomic E-state index is 0.0140. The Balaban J connectivity index is 1.67. The first-order chi connectivity index (χ1) is 18.9. The summed E-state index contributed by atoms with van der Waals surface area (Å²) in [5, 5.41) is 3.58. The molecule has 1 heterocycles. The number of fused-ring (bicyclic) bond motifs is 1. The van der Waals surface area contributed by atoms with Crippen LogP contribution in [0.1, 0.15) is 61.0 Å². The molecule has 3 aromatic carbocycles. The monoisotopic (exact) mass is 608 g/mol. The molecule has 208 valence electrons. The Labute approximate surface area is 241 Å². The number of carbonyl (C=O) groups is 2. The maximum absolute atomic E-state index is 14.8. The van der Waals surface area contributed by atoms with Gasteiger partial charge >= 0.3 is 5.97 Å². The van der Waals surface area contributed by atoms with E-state index in [1.165, 1.54) is 0 Å². The molecule has 4 rings (SSSR count). The number of esters is 1. The minimum Gasteiger partial charge on any atom is -0.460 e. The number of rotatable bonds is 8. The van der Waals surface area contributed by atoms with Gasteiger partial charge in [-0.3, -0.25) is 9.59 Å². The first-order valence-electron chi connectivity index (χ1n) is 13.0. The van der Waals surface area contributed by atoms with Gasteiger partial charge in [0, 0.05) is 34.3 Å². The zero-order chi connectivity index (χ0) is 29.0. The SMILES string of the molecule is Cc1c(-c2ccccc2)nc2ccc(Br)cc2c1C(=O)NCC(CCC(=O)OC(C)(C)C)c1cc(F)ccc1F. The number of ether oxygens (including phenoxy) is 1. The van der Waals surface area contributed by atoms with Crippen molar-refractivity contribution in [3.05, 3.63) is 99.5 Å². The molecule has 8 heteroatoms. The highest BCUT2D eigenvalue weighted by Gasteiger charge is 2.24. The number of amides is 1. The maximum Gasteiger partial charge on any atom is 0.306 e. The Morgan fingerprint density at radius 2 is 1.75 bits per heavy atom. The van der Waals surface area contributed by atoms with Crippen LogP contribution in [0.4, 0.5) is 8.78 Å². The molecule has 5 nitrogen and oxygen atoms in total.